The van der Waals surface area contributed by atoms with Crippen molar-refractivity contribution >= 4 is 33.3 Å². The molecule has 4 aromatic carbocycles. The first-order valence-corrected chi connectivity index (χ1v) is 11.4. The van der Waals surface area contributed by atoms with Crippen LogP contribution in [0.5, 0.6) is 0 Å². The first kappa shape index (κ1) is 19.6. The summed E-state index contributed by atoms with van der Waals surface area (Å²) in [6, 6.07) is 30.8. The van der Waals surface area contributed by atoms with Crippen LogP contribution in [0.1, 0.15) is 23.2 Å². The number of fused-ring (bicyclic) bond motifs is 3. The monoisotopic (exact) mass is 432 g/mol. The second-order valence-corrected chi connectivity index (χ2v) is 8.68. The van der Waals surface area contributed by atoms with Gasteiger partial charge in [-0.25, -0.2) is 4.79 Å². The standard InChI is InChI=1S/C29H24N2O2/c32-29(33)22-7-5-8-24(18-22)31-27-15-12-20-6-1-2-9-25(20)26(27)19-28(31)21-10-13-23(14-11-21)30-16-3-4-17-30/h1-2,5-15,18-19H,3-4,16-17H2,(H,32,33). The van der Waals surface area contributed by atoms with Crippen molar-refractivity contribution in [1.82, 2.24) is 4.57 Å². The molecule has 1 aromatic heterocycles. The van der Waals surface area contributed by atoms with Crippen molar-refractivity contribution in [3.05, 3.63) is 96.6 Å². The van der Waals surface area contributed by atoms with Crippen molar-refractivity contribution in [2.75, 3.05) is 18.0 Å². The molecule has 5 aromatic rings. The van der Waals surface area contributed by atoms with Gasteiger partial charge in [0.05, 0.1) is 16.8 Å². The third kappa shape index (κ3) is 3.35. The Hall–Kier alpha value is -4.05. The second kappa shape index (κ2) is 7.82. The van der Waals surface area contributed by atoms with Gasteiger partial charge in [0, 0.05) is 29.9 Å². The molecule has 0 amide bonds. The third-order valence-electron chi connectivity index (χ3n) is 6.70. The number of aromatic carboxylic acids is 1. The smallest absolute Gasteiger partial charge is 0.335 e. The summed E-state index contributed by atoms with van der Waals surface area (Å²) in [7, 11) is 0. The van der Waals surface area contributed by atoms with E-state index in [-0.39, 0.29) is 5.56 Å². The lowest BCUT2D eigenvalue weighted by Gasteiger charge is -2.18. The van der Waals surface area contributed by atoms with Crippen LogP contribution in [0.25, 0.3) is 38.6 Å². The van der Waals surface area contributed by atoms with Gasteiger partial charge in [0.15, 0.2) is 0 Å². The number of carboxylic acid groups (broad SMARTS) is 1. The molecule has 6 rings (SSSR count). The normalized spacial score (nSPS) is 13.8. The lowest BCUT2D eigenvalue weighted by Crippen LogP contribution is -2.17. The summed E-state index contributed by atoms with van der Waals surface area (Å²) in [6.45, 7) is 2.24. The van der Waals surface area contributed by atoms with Gasteiger partial charge >= 0.3 is 5.97 Å². The van der Waals surface area contributed by atoms with Gasteiger partial charge in [-0.1, -0.05) is 48.5 Å². The van der Waals surface area contributed by atoms with E-state index in [1.165, 1.54) is 29.3 Å². The van der Waals surface area contributed by atoms with E-state index in [4.69, 9.17) is 0 Å². The van der Waals surface area contributed by atoms with Crippen molar-refractivity contribution in [2.45, 2.75) is 12.8 Å². The lowest BCUT2D eigenvalue weighted by atomic mass is 10.1. The zero-order chi connectivity index (χ0) is 22.4. The molecule has 1 aliphatic heterocycles. The zero-order valence-corrected chi connectivity index (χ0v) is 18.2. The summed E-state index contributed by atoms with van der Waals surface area (Å²) in [6.07, 6.45) is 2.51. The largest absolute Gasteiger partial charge is 0.478 e. The number of aromatic nitrogens is 1. The topological polar surface area (TPSA) is 45.5 Å². The SMILES string of the molecule is O=C(O)c1cccc(-n2c(-c3ccc(N4CCCC4)cc3)cc3c4ccccc4ccc32)c1. The average molecular weight is 433 g/mol. The maximum atomic E-state index is 11.7. The van der Waals surface area contributed by atoms with E-state index in [0.717, 1.165) is 40.9 Å². The quantitative estimate of drug-likeness (QED) is 0.342. The van der Waals surface area contributed by atoms with Crippen LogP contribution < -0.4 is 4.90 Å². The van der Waals surface area contributed by atoms with Crippen LogP contribution in [0, 0.1) is 0 Å². The Morgan fingerprint density at radius 3 is 2.30 bits per heavy atom. The van der Waals surface area contributed by atoms with E-state index >= 15 is 0 Å². The lowest BCUT2D eigenvalue weighted by molar-refractivity contribution is 0.0697. The van der Waals surface area contributed by atoms with Gasteiger partial charge in [-0.2, -0.15) is 0 Å². The van der Waals surface area contributed by atoms with Gasteiger partial charge in [-0.15, -0.1) is 0 Å². The second-order valence-electron chi connectivity index (χ2n) is 8.68. The minimum Gasteiger partial charge on any atom is -0.478 e. The number of benzene rings is 4. The molecule has 33 heavy (non-hydrogen) atoms. The first-order valence-electron chi connectivity index (χ1n) is 11.4. The molecular formula is C29H24N2O2. The molecule has 0 aliphatic carbocycles. The molecule has 1 saturated heterocycles. The van der Waals surface area contributed by atoms with Crippen LogP contribution in [-0.2, 0) is 0 Å². The van der Waals surface area contributed by atoms with Crippen molar-refractivity contribution in [3.8, 4) is 16.9 Å². The maximum absolute atomic E-state index is 11.7. The predicted octanol–water partition coefficient (Wildman–Crippen LogP) is 6.75. The molecule has 1 aliphatic rings. The van der Waals surface area contributed by atoms with Gasteiger partial charge in [0.1, 0.15) is 0 Å². The van der Waals surface area contributed by atoms with E-state index in [9.17, 15) is 9.90 Å². The molecule has 4 nitrogen and oxygen atoms in total. The van der Waals surface area contributed by atoms with E-state index in [0.29, 0.717) is 0 Å². The Labute approximate surface area is 192 Å². The highest BCUT2D eigenvalue weighted by atomic mass is 16.4. The van der Waals surface area contributed by atoms with Gasteiger partial charge in [0.25, 0.3) is 0 Å². The van der Waals surface area contributed by atoms with E-state index < -0.39 is 5.97 Å². The zero-order valence-electron chi connectivity index (χ0n) is 18.2. The molecule has 0 unspecified atom stereocenters. The van der Waals surface area contributed by atoms with Gasteiger partial charge < -0.3 is 14.6 Å². The summed E-state index contributed by atoms with van der Waals surface area (Å²) in [5, 5.41) is 13.1. The van der Waals surface area contributed by atoms with Crippen LogP contribution in [0.3, 0.4) is 0 Å². The molecule has 1 N–H and O–H groups in total. The minimum atomic E-state index is -0.921. The highest BCUT2D eigenvalue weighted by Crippen LogP contribution is 2.36. The number of rotatable bonds is 4. The van der Waals surface area contributed by atoms with Gasteiger partial charge in [-0.05, 0) is 71.6 Å². The van der Waals surface area contributed by atoms with Crippen LogP contribution >= 0.6 is 0 Å². The van der Waals surface area contributed by atoms with Crippen LogP contribution in [0.15, 0.2) is 91.0 Å². The first-order chi connectivity index (χ1) is 16.2. The van der Waals surface area contributed by atoms with Crippen molar-refractivity contribution < 1.29 is 9.90 Å². The molecule has 2 heterocycles. The van der Waals surface area contributed by atoms with Crippen molar-refractivity contribution in [1.29, 1.82) is 0 Å². The molecule has 0 atom stereocenters. The molecule has 1 fully saturated rings. The Bertz CT molecular complexity index is 1490. The van der Waals surface area contributed by atoms with Crippen molar-refractivity contribution in [2.24, 2.45) is 0 Å². The summed E-state index contributed by atoms with van der Waals surface area (Å²) in [5.41, 5.74) is 5.62. The maximum Gasteiger partial charge on any atom is 0.335 e. The summed E-state index contributed by atoms with van der Waals surface area (Å²) in [5.74, 6) is -0.921. The number of hydrogen-bond acceptors (Lipinski definition) is 2. The molecular weight excluding hydrogens is 408 g/mol. The number of carboxylic acids is 1. The fraction of sp³-hybridized carbons (Fsp3) is 0.138. The molecule has 0 saturated carbocycles. The van der Waals surface area contributed by atoms with Gasteiger partial charge in [0.2, 0.25) is 0 Å². The van der Waals surface area contributed by atoms with Crippen LogP contribution in [-0.4, -0.2) is 28.7 Å². The summed E-state index contributed by atoms with van der Waals surface area (Å²) in [4.78, 5) is 14.1. The van der Waals surface area contributed by atoms with Crippen LogP contribution in [0.2, 0.25) is 0 Å². The molecule has 0 spiro atoms. The molecule has 4 heteroatoms. The number of nitrogens with zero attached hydrogens (tertiary/aromatic N) is 2. The molecule has 0 bridgehead atoms. The fourth-order valence-electron chi connectivity index (χ4n) is 5.05. The minimum absolute atomic E-state index is 0.283. The van der Waals surface area contributed by atoms with Crippen LogP contribution in [0.4, 0.5) is 5.69 Å². The Morgan fingerprint density at radius 1 is 0.727 bits per heavy atom. The average Bonchev–Trinajstić information content (AvgIpc) is 3.53. The number of hydrogen-bond donors (Lipinski definition) is 1. The number of carbonyl (C=O) groups is 1. The Morgan fingerprint density at radius 2 is 1.52 bits per heavy atom. The predicted molar refractivity (Wildman–Crippen MR) is 135 cm³/mol. The Balaban J connectivity index is 1.58. The number of anilines is 1. The Kier molecular flexibility index (Phi) is 4.65. The molecule has 0 radical (unpaired) electrons. The fourth-order valence-corrected chi connectivity index (χ4v) is 5.05. The van der Waals surface area contributed by atoms with Gasteiger partial charge in [-0.3, -0.25) is 0 Å². The van der Waals surface area contributed by atoms with E-state index in [2.05, 4.69) is 76.2 Å². The summed E-state index contributed by atoms with van der Waals surface area (Å²) >= 11 is 0. The molecule has 162 valence electrons. The highest BCUT2D eigenvalue weighted by molar-refractivity contribution is 6.09. The van der Waals surface area contributed by atoms with E-state index in [1.54, 1.807) is 12.1 Å². The van der Waals surface area contributed by atoms with Crippen molar-refractivity contribution in [3.63, 3.8) is 0 Å². The summed E-state index contributed by atoms with van der Waals surface area (Å²) < 4.78 is 2.18. The highest BCUT2D eigenvalue weighted by Gasteiger charge is 2.17. The van der Waals surface area contributed by atoms with E-state index in [1.807, 2.05) is 12.1 Å². The third-order valence-corrected chi connectivity index (χ3v) is 6.70.